The Morgan fingerprint density at radius 1 is 1.37 bits per heavy atom. The topological polar surface area (TPSA) is 62.5 Å². The van der Waals surface area contributed by atoms with Crippen molar-refractivity contribution in [3.8, 4) is 0 Å². The second-order valence-corrected chi connectivity index (χ2v) is 7.05. The van der Waals surface area contributed by atoms with Crippen LogP contribution in [0.25, 0.3) is 0 Å². The Hall–Kier alpha value is -2.60. The van der Waals surface area contributed by atoms with Gasteiger partial charge in [-0.05, 0) is 30.5 Å². The van der Waals surface area contributed by atoms with Crippen LogP contribution >= 0.6 is 11.6 Å². The summed E-state index contributed by atoms with van der Waals surface area (Å²) in [5.74, 6) is 0. The van der Waals surface area contributed by atoms with Gasteiger partial charge in [-0.15, -0.1) is 0 Å². The first-order valence-electron chi connectivity index (χ1n) is 8.92. The number of halogens is 1. The normalized spacial score (nSPS) is 14.9. The number of hydrogen-bond acceptors (Lipinski definition) is 5. The maximum absolute atomic E-state index is 11.2. The van der Waals surface area contributed by atoms with E-state index in [0.717, 1.165) is 30.9 Å². The molecule has 1 aromatic heterocycles. The van der Waals surface area contributed by atoms with E-state index in [1.54, 1.807) is 13.3 Å². The highest BCUT2D eigenvalue weighted by Gasteiger charge is 2.24. The first-order valence-corrected chi connectivity index (χ1v) is 9.30. The van der Waals surface area contributed by atoms with Crippen LogP contribution in [-0.4, -0.2) is 40.5 Å². The molecule has 2 aromatic rings. The maximum Gasteiger partial charge on any atom is 0.163 e. The van der Waals surface area contributed by atoms with Gasteiger partial charge in [0.05, 0.1) is 36.2 Å². The molecule has 0 atom stereocenters. The van der Waals surface area contributed by atoms with E-state index in [2.05, 4.69) is 57.0 Å². The fourth-order valence-electron chi connectivity index (χ4n) is 3.43. The molecule has 7 heteroatoms. The quantitative estimate of drug-likeness (QED) is 0.359. The minimum atomic E-state index is 0.151. The first kappa shape index (κ1) is 19.2. The fourth-order valence-corrected chi connectivity index (χ4v) is 3.60. The molecule has 142 valence electrons. The van der Waals surface area contributed by atoms with Crippen LogP contribution in [0.3, 0.4) is 0 Å². The van der Waals surface area contributed by atoms with Gasteiger partial charge in [0.15, 0.2) is 6.29 Å². The molecule has 0 saturated heterocycles. The van der Waals surface area contributed by atoms with Gasteiger partial charge in [0, 0.05) is 26.6 Å². The zero-order valence-electron chi connectivity index (χ0n) is 15.9. The Morgan fingerprint density at radius 2 is 2.11 bits per heavy atom. The summed E-state index contributed by atoms with van der Waals surface area (Å²) in [5, 5.41) is 4.18. The molecule has 6 nitrogen and oxygen atoms in total. The average molecular weight is 386 g/mol. The number of aromatic nitrogens is 2. The van der Waals surface area contributed by atoms with Crippen molar-refractivity contribution in [1.82, 2.24) is 19.9 Å². The van der Waals surface area contributed by atoms with E-state index in [-0.39, 0.29) is 5.03 Å². The lowest BCUT2D eigenvalue weighted by atomic mass is 10.0. The number of imidazole rings is 1. The number of benzene rings is 1. The zero-order valence-corrected chi connectivity index (χ0v) is 16.6. The van der Waals surface area contributed by atoms with Gasteiger partial charge in [-0.25, -0.2) is 4.98 Å². The zero-order chi connectivity index (χ0) is 19.4. The molecule has 0 amide bonds. The van der Waals surface area contributed by atoms with Gasteiger partial charge in [-0.3, -0.25) is 4.79 Å². The fraction of sp³-hybridized carbons (Fsp3) is 0.350. The first-order chi connectivity index (χ1) is 13.0. The number of nitrogens with one attached hydrogen (secondary N) is 1. The number of carbonyl (C=O) groups excluding carboxylic acids is 1. The Bertz CT molecular complexity index is 880. The van der Waals surface area contributed by atoms with Crippen LogP contribution in [0.5, 0.6) is 0 Å². The Balaban J connectivity index is 1.91. The van der Waals surface area contributed by atoms with Crippen LogP contribution < -0.4 is 5.43 Å². The molecule has 0 saturated carbocycles. The van der Waals surface area contributed by atoms with Crippen LogP contribution in [0, 0.1) is 13.8 Å². The monoisotopic (exact) mass is 385 g/mol. The molecule has 1 aliphatic heterocycles. The highest BCUT2D eigenvalue weighted by atomic mass is 35.5. The summed E-state index contributed by atoms with van der Waals surface area (Å²) >= 11 is 6.14. The molecule has 0 fully saturated rings. The number of hydrogen-bond donors (Lipinski definition) is 1. The van der Waals surface area contributed by atoms with E-state index >= 15 is 0 Å². The standard InChI is InChI=1S/C20H24ClN5O/c1-14-5-4-6-15(2)16(14)10-26-13-23-18-7-8-25(11-20(18)26)19(9-24-22-3)17(21)12-27/h4-6,9,12-13,22H,7-8,10-11H2,1-3H3/b19-17-,24-9-. The highest BCUT2D eigenvalue weighted by molar-refractivity contribution is 6.40. The molecule has 2 heterocycles. The van der Waals surface area contributed by atoms with Gasteiger partial charge in [0.25, 0.3) is 0 Å². The number of aldehydes is 1. The van der Waals surface area contributed by atoms with Crippen molar-refractivity contribution in [1.29, 1.82) is 0 Å². The van der Waals surface area contributed by atoms with Crippen molar-refractivity contribution in [3.05, 3.63) is 63.3 Å². The van der Waals surface area contributed by atoms with E-state index in [4.69, 9.17) is 11.6 Å². The molecular formula is C20H24ClN5O. The molecule has 1 aromatic carbocycles. The number of hydrazone groups is 1. The predicted molar refractivity (Wildman–Crippen MR) is 108 cm³/mol. The van der Waals surface area contributed by atoms with E-state index in [1.165, 1.54) is 16.7 Å². The summed E-state index contributed by atoms with van der Waals surface area (Å²) in [4.78, 5) is 17.9. The third-order valence-corrected chi connectivity index (χ3v) is 5.25. The van der Waals surface area contributed by atoms with Gasteiger partial charge < -0.3 is 14.9 Å². The number of fused-ring (bicyclic) bond motifs is 1. The molecule has 3 rings (SSSR count). The summed E-state index contributed by atoms with van der Waals surface area (Å²) in [6.45, 7) is 6.42. The van der Waals surface area contributed by atoms with Crippen LogP contribution in [0.4, 0.5) is 0 Å². The van der Waals surface area contributed by atoms with Crippen LogP contribution in [0.15, 0.2) is 40.4 Å². The van der Waals surface area contributed by atoms with Crippen molar-refractivity contribution in [2.75, 3.05) is 13.6 Å². The van der Waals surface area contributed by atoms with Crippen LogP contribution in [0.2, 0.25) is 0 Å². The molecule has 0 spiro atoms. The lowest BCUT2D eigenvalue weighted by Crippen LogP contribution is -2.32. The highest BCUT2D eigenvalue weighted by Crippen LogP contribution is 2.24. The number of allylic oxidation sites excluding steroid dienone is 2. The van der Waals surface area contributed by atoms with Gasteiger partial charge in [-0.1, -0.05) is 29.8 Å². The van der Waals surface area contributed by atoms with Crippen molar-refractivity contribution < 1.29 is 4.79 Å². The molecule has 0 radical (unpaired) electrons. The molecule has 0 unspecified atom stereocenters. The summed E-state index contributed by atoms with van der Waals surface area (Å²) in [6, 6.07) is 6.35. The smallest absolute Gasteiger partial charge is 0.163 e. The third-order valence-electron chi connectivity index (χ3n) is 4.97. The summed E-state index contributed by atoms with van der Waals surface area (Å²) in [5.41, 5.74) is 9.43. The van der Waals surface area contributed by atoms with Gasteiger partial charge in [0.2, 0.25) is 0 Å². The molecule has 0 bridgehead atoms. The Labute approximate surface area is 164 Å². The lowest BCUT2D eigenvalue weighted by Gasteiger charge is -2.30. The molecule has 1 aliphatic rings. The average Bonchev–Trinajstić information content (AvgIpc) is 3.07. The number of aryl methyl sites for hydroxylation is 2. The third kappa shape index (κ3) is 4.06. The van der Waals surface area contributed by atoms with Crippen LogP contribution in [0.1, 0.15) is 28.1 Å². The van der Waals surface area contributed by atoms with E-state index in [9.17, 15) is 4.79 Å². The van der Waals surface area contributed by atoms with E-state index in [1.807, 2.05) is 6.33 Å². The molecular weight excluding hydrogens is 362 g/mol. The van der Waals surface area contributed by atoms with E-state index in [0.29, 0.717) is 18.5 Å². The molecule has 0 aliphatic carbocycles. The van der Waals surface area contributed by atoms with Crippen LogP contribution in [-0.2, 0) is 24.3 Å². The minimum Gasteiger partial charge on any atom is -0.363 e. The summed E-state index contributed by atoms with van der Waals surface area (Å²) in [6.07, 6.45) is 4.96. The number of carbonyl (C=O) groups is 1. The van der Waals surface area contributed by atoms with Gasteiger partial charge >= 0.3 is 0 Å². The summed E-state index contributed by atoms with van der Waals surface area (Å²) < 4.78 is 2.19. The van der Waals surface area contributed by atoms with Crippen molar-refractivity contribution in [2.45, 2.75) is 33.4 Å². The minimum absolute atomic E-state index is 0.151. The SMILES string of the molecule is CN/N=C\C(=C(\Cl)C=O)N1CCc2ncn(Cc3c(C)cccc3C)c2C1. The van der Waals surface area contributed by atoms with Crippen molar-refractivity contribution in [3.63, 3.8) is 0 Å². The largest absolute Gasteiger partial charge is 0.363 e. The Kier molecular flexibility index (Phi) is 5.96. The molecule has 1 N–H and O–H groups in total. The number of rotatable bonds is 6. The second kappa shape index (κ2) is 8.39. The maximum atomic E-state index is 11.2. The number of nitrogens with zero attached hydrogens (tertiary/aromatic N) is 4. The summed E-state index contributed by atoms with van der Waals surface area (Å²) in [7, 11) is 1.71. The van der Waals surface area contributed by atoms with Gasteiger partial charge in [-0.2, -0.15) is 5.10 Å². The van der Waals surface area contributed by atoms with Crippen molar-refractivity contribution >= 4 is 24.1 Å². The second-order valence-electron chi connectivity index (χ2n) is 6.64. The lowest BCUT2D eigenvalue weighted by molar-refractivity contribution is -0.104. The van der Waals surface area contributed by atoms with Gasteiger partial charge in [0.1, 0.15) is 5.03 Å². The Morgan fingerprint density at radius 3 is 2.78 bits per heavy atom. The van der Waals surface area contributed by atoms with E-state index < -0.39 is 0 Å². The molecule has 27 heavy (non-hydrogen) atoms. The van der Waals surface area contributed by atoms with Crippen molar-refractivity contribution in [2.24, 2.45) is 5.10 Å². The predicted octanol–water partition coefficient (Wildman–Crippen LogP) is 2.76.